The lowest BCUT2D eigenvalue weighted by Gasteiger charge is -2.33. The summed E-state index contributed by atoms with van der Waals surface area (Å²) < 4.78 is 32.0. The highest BCUT2D eigenvalue weighted by Gasteiger charge is 2.30. The van der Waals surface area contributed by atoms with Crippen molar-refractivity contribution >= 4 is 38.2 Å². The third-order valence-electron chi connectivity index (χ3n) is 6.14. The number of anilines is 1. The maximum atomic E-state index is 12.8. The van der Waals surface area contributed by atoms with Crippen LogP contribution in [-0.2, 0) is 32.4 Å². The van der Waals surface area contributed by atoms with Crippen LogP contribution in [0.4, 0.5) is 5.00 Å². The van der Waals surface area contributed by atoms with Gasteiger partial charge in [-0.2, -0.15) is 4.31 Å². The van der Waals surface area contributed by atoms with Gasteiger partial charge in [0.25, 0.3) is 0 Å². The summed E-state index contributed by atoms with van der Waals surface area (Å²) in [6.07, 6.45) is 4.98. The lowest BCUT2D eigenvalue weighted by atomic mass is 10.1. The van der Waals surface area contributed by atoms with E-state index in [0.29, 0.717) is 36.7 Å². The fourth-order valence-corrected chi connectivity index (χ4v) is 7.12. The highest BCUT2D eigenvalue weighted by Crippen LogP contribution is 2.38. The van der Waals surface area contributed by atoms with E-state index in [0.717, 1.165) is 42.5 Å². The van der Waals surface area contributed by atoms with E-state index in [2.05, 4.69) is 5.32 Å². The molecule has 0 bridgehead atoms. The standard InChI is InChI=1S/C23H29N3O5S2/c1-31-23(28)21-18-10-6-3-7-11-19(18)32-22(21)24-20(27)16-25-12-14-26(15-13-25)33(29,30)17-8-4-2-5-9-17/h2,4-5,8-9H,3,6-7,10-16H2,1H3,(H,24,27). The smallest absolute Gasteiger partial charge is 0.341 e. The van der Waals surface area contributed by atoms with Crippen LogP contribution in [0.5, 0.6) is 0 Å². The number of rotatable bonds is 6. The number of fused-ring (bicyclic) bond motifs is 1. The fraction of sp³-hybridized carbons (Fsp3) is 0.478. The summed E-state index contributed by atoms with van der Waals surface area (Å²) in [6.45, 7) is 1.72. The predicted molar refractivity (Wildman–Crippen MR) is 127 cm³/mol. The number of sulfonamides is 1. The number of nitrogens with zero attached hydrogens (tertiary/aromatic N) is 2. The molecule has 0 atom stereocenters. The van der Waals surface area contributed by atoms with Gasteiger partial charge in [0.05, 0.1) is 24.1 Å². The van der Waals surface area contributed by atoms with E-state index in [1.807, 2.05) is 4.90 Å². The summed E-state index contributed by atoms with van der Waals surface area (Å²) in [5.41, 5.74) is 1.51. The molecule has 1 aromatic carbocycles. The Morgan fingerprint density at radius 2 is 1.73 bits per heavy atom. The Morgan fingerprint density at radius 1 is 1.03 bits per heavy atom. The van der Waals surface area contributed by atoms with E-state index in [1.54, 1.807) is 30.3 Å². The molecule has 1 fully saturated rings. The number of hydrogen-bond donors (Lipinski definition) is 1. The fourth-order valence-electron chi connectivity index (χ4n) is 4.39. The number of thiophene rings is 1. The first-order valence-electron chi connectivity index (χ1n) is 11.2. The molecule has 1 amide bonds. The summed E-state index contributed by atoms with van der Waals surface area (Å²) >= 11 is 1.47. The Bertz CT molecular complexity index is 1110. The minimum atomic E-state index is -3.53. The number of hydrogen-bond acceptors (Lipinski definition) is 7. The molecule has 1 aromatic heterocycles. The summed E-state index contributed by atoms with van der Waals surface area (Å²) in [5, 5.41) is 3.48. The number of nitrogens with one attached hydrogen (secondary N) is 1. The van der Waals surface area contributed by atoms with Crippen LogP contribution >= 0.6 is 11.3 Å². The molecule has 0 unspecified atom stereocenters. The number of aryl methyl sites for hydroxylation is 1. The number of carbonyl (C=O) groups is 2. The van der Waals surface area contributed by atoms with Gasteiger partial charge in [0.15, 0.2) is 0 Å². The largest absolute Gasteiger partial charge is 0.465 e. The van der Waals surface area contributed by atoms with Crippen LogP contribution in [0.2, 0.25) is 0 Å². The molecule has 4 rings (SSSR count). The molecule has 0 radical (unpaired) electrons. The molecule has 1 aliphatic heterocycles. The minimum absolute atomic E-state index is 0.141. The lowest BCUT2D eigenvalue weighted by Crippen LogP contribution is -2.50. The van der Waals surface area contributed by atoms with Gasteiger partial charge in [-0.25, -0.2) is 13.2 Å². The molecule has 1 aliphatic carbocycles. The van der Waals surface area contributed by atoms with Gasteiger partial charge < -0.3 is 10.1 Å². The first kappa shape index (κ1) is 23.9. The van der Waals surface area contributed by atoms with E-state index in [1.165, 1.54) is 22.8 Å². The SMILES string of the molecule is COC(=O)c1c(NC(=O)CN2CCN(S(=O)(=O)c3ccccc3)CC2)sc2c1CCCCC2. The summed E-state index contributed by atoms with van der Waals surface area (Å²) in [5.74, 6) is -0.625. The molecule has 2 heterocycles. The normalized spacial score (nSPS) is 17.7. The predicted octanol–water partition coefficient (Wildman–Crippen LogP) is 2.75. The van der Waals surface area contributed by atoms with Crippen LogP contribution in [0.1, 0.15) is 40.1 Å². The van der Waals surface area contributed by atoms with Gasteiger partial charge in [0.2, 0.25) is 15.9 Å². The van der Waals surface area contributed by atoms with Gasteiger partial charge in [-0.05, 0) is 43.4 Å². The molecule has 1 N–H and O–H groups in total. The number of piperazine rings is 1. The number of benzene rings is 1. The van der Waals surface area contributed by atoms with Crippen molar-refractivity contribution in [2.45, 2.75) is 37.0 Å². The zero-order valence-electron chi connectivity index (χ0n) is 18.7. The Morgan fingerprint density at radius 3 is 2.42 bits per heavy atom. The summed E-state index contributed by atoms with van der Waals surface area (Å²) in [7, 11) is -2.17. The van der Waals surface area contributed by atoms with Crippen LogP contribution < -0.4 is 5.32 Å². The molecule has 2 aromatic rings. The Balaban J connectivity index is 1.38. The highest BCUT2D eigenvalue weighted by molar-refractivity contribution is 7.89. The van der Waals surface area contributed by atoms with Gasteiger partial charge in [-0.15, -0.1) is 11.3 Å². The summed E-state index contributed by atoms with van der Waals surface area (Å²) in [6, 6.07) is 8.39. The minimum Gasteiger partial charge on any atom is -0.465 e. The Labute approximate surface area is 198 Å². The van der Waals surface area contributed by atoms with Crippen molar-refractivity contribution in [1.82, 2.24) is 9.21 Å². The molecule has 33 heavy (non-hydrogen) atoms. The zero-order valence-corrected chi connectivity index (χ0v) is 20.3. The van der Waals surface area contributed by atoms with Crippen LogP contribution in [0.3, 0.4) is 0 Å². The quantitative estimate of drug-likeness (QED) is 0.493. The molecule has 0 saturated carbocycles. The van der Waals surface area contributed by atoms with E-state index in [-0.39, 0.29) is 17.3 Å². The van der Waals surface area contributed by atoms with Gasteiger partial charge in [0, 0.05) is 31.1 Å². The number of methoxy groups -OCH3 is 1. The second-order valence-electron chi connectivity index (χ2n) is 8.30. The van der Waals surface area contributed by atoms with E-state index >= 15 is 0 Å². The van der Waals surface area contributed by atoms with E-state index in [4.69, 9.17) is 4.74 Å². The van der Waals surface area contributed by atoms with Gasteiger partial charge in [-0.1, -0.05) is 24.6 Å². The topological polar surface area (TPSA) is 96.0 Å². The third-order valence-corrected chi connectivity index (χ3v) is 9.26. The lowest BCUT2D eigenvalue weighted by molar-refractivity contribution is -0.117. The Kier molecular flexibility index (Phi) is 7.48. The van der Waals surface area contributed by atoms with Crippen molar-refractivity contribution < 1.29 is 22.7 Å². The molecule has 10 heteroatoms. The van der Waals surface area contributed by atoms with Crippen LogP contribution in [0.25, 0.3) is 0 Å². The second kappa shape index (κ2) is 10.3. The van der Waals surface area contributed by atoms with Crippen LogP contribution in [0, 0.1) is 0 Å². The maximum absolute atomic E-state index is 12.8. The van der Waals surface area contributed by atoms with Crippen molar-refractivity contribution in [2.75, 3.05) is 45.2 Å². The average Bonchev–Trinajstić information content (AvgIpc) is 2.99. The molecule has 0 spiro atoms. The highest BCUT2D eigenvalue weighted by atomic mass is 32.2. The molecular formula is C23H29N3O5S2. The number of amides is 1. The first-order valence-corrected chi connectivity index (χ1v) is 13.5. The van der Waals surface area contributed by atoms with Crippen molar-refractivity contribution in [3.05, 3.63) is 46.3 Å². The maximum Gasteiger partial charge on any atom is 0.341 e. The first-order chi connectivity index (χ1) is 15.9. The number of esters is 1. The van der Waals surface area contributed by atoms with Crippen LogP contribution in [0.15, 0.2) is 35.2 Å². The molecule has 178 valence electrons. The second-order valence-corrected chi connectivity index (χ2v) is 11.3. The van der Waals surface area contributed by atoms with E-state index in [9.17, 15) is 18.0 Å². The average molecular weight is 492 g/mol. The van der Waals surface area contributed by atoms with Crippen molar-refractivity contribution in [2.24, 2.45) is 0 Å². The molecular weight excluding hydrogens is 462 g/mol. The monoisotopic (exact) mass is 491 g/mol. The van der Waals surface area contributed by atoms with E-state index < -0.39 is 16.0 Å². The zero-order chi connectivity index (χ0) is 23.4. The van der Waals surface area contributed by atoms with Gasteiger partial charge in [-0.3, -0.25) is 9.69 Å². The van der Waals surface area contributed by atoms with Crippen molar-refractivity contribution in [1.29, 1.82) is 0 Å². The van der Waals surface area contributed by atoms with Gasteiger partial charge >= 0.3 is 5.97 Å². The number of ether oxygens (including phenoxy) is 1. The summed E-state index contributed by atoms with van der Waals surface area (Å²) in [4.78, 5) is 28.6. The number of carbonyl (C=O) groups excluding carboxylic acids is 2. The van der Waals surface area contributed by atoms with Gasteiger partial charge in [0.1, 0.15) is 5.00 Å². The molecule has 8 nitrogen and oxygen atoms in total. The van der Waals surface area contributed by atoms with Crippen molar-refractivity contribution in [3.8, 4) is 0 Å². The van der Waals surface area contributed by atoms with Crippen molar-refractivity contribution in [3.63, 3.8) is 0 Å². The third kappa shape index (κ3) is 5.29. The Hall–Kier alpha value is -2.27. The van der Waals surface area contributed by atoms with Crippen LogP contribution in [-0.4, -0.2) is 69.3 Å². The molecule has 1 saturated heterocycles. The molecule has 2 aliphatic rings.